The molecule has 5 rings (SSSR count). The highest BCUT2D eigenvalue weighted by Gasteiger charge is 2.52. The minimum atomic E-state index is -1.48. The number of hydrogen-bond acceptors (Lipinski definition) is 6. The first-order chi connectivity index (χ1) is 21.4. The lowest BCUT2D eigenvalue weighted by Gasteiger charge is -2.29. The predicted octanol–water partition coefficient (Wildman–Crippen LogP) is 6.05. The molecule has 1 aliphatic heterocycles. The Labute approximate surface area is 254 Å². The number of benzene rings is 4. The molecule has 9 heteroatoms. The minimum Gasteiger partial charge on any atom is -0.494 e. The first-order valence-electron chi connectivity index (χ1n) is 14.3. The normalized spacial score (nSPS) is 17.4. The number of aliphatic hydroxyl groups excluding tert-OH is 1. The van der Waals surface area contributed by atoms with Crippen molar-refractivity contribution in [2.24, 2.45) is 4.99 Å². The molecule has 44 heavy (non-hydrogen) atoms. The Morgan fingerprint density at radius 1 is 0.932 bits per heavy atom. The fourth-order valence-corrected chi connectivity index (χ4v) is 5.04. The summed E-state index contributed by atoms with van der Waals surface area (Å²) in [5.41, 5.74) is 6.96. The molecule has 0 spiro atoms. The first-order valence-corrected chi connectivity index (χ1v) is 14.3. The van der Waals surface area contributed by atoms with Crippen LogP contribution in [0.5, 0.6) is 5.75 Å². The van der Waals surface area contributed by atoms with E-state index in [-0.39, 0.29) is 31.0 Å². The second kappa shape index (κ2) is 14.1. The molecular formula is C35H33F2N3O4. The summed E-state index contributed by atoms with van der Waals surface area (Å²) in [6.45, 7) is 4.00. The zero-order valence-electron chi connectivity index (χ0n) is 24.0. The van der Waals surface area contributed by atoms with Gasteiger partial charge in [0.25, 0.3) is 5.91 Å². The first kappa shape index (κ1) is 30.6. The Bertz CT molecular complexity index is 1590. The number of nitrogens with one attached hydrogen (secondary N) is 2. The van der Waals surface area contributed by atoms with Crippen LogP contribution in [-0.2, 0) is 16.1 Å². The Morgan fingerprint density at radius 3 is 2.25 bits per heavy atom. The van der Waals surface area contributed by atoms with Gasteiger partial charge >= 0.3 is 0 Å². The van der Waals surface area contributed by atoms with E-state index in [4.69, 9.17) is 19.6 Å². The third kappa shape index (κ3) is 6.69. The molecule has 0 aliphatic carbocycles. The highest BCUT2D eigenvalue weighted by atomic mass is 19.1. The predicted molar refractivity (Wildman–Crippen MR) is 165 cm³/mol. The monoisotopic (exact) mass is 597 g/mol. The zero-order valence-corrected chi connectivity index (χ0v) is 24.0. The van der Waals surface area contributed by atoms with E-state index in [1.165, 1.54) is 6.07 Å². The molecule has 0 bridgehead atoms. The lowest BCUT2D eigenvalue weighted by molar-refractivity contribution is -0.130. The Hall–Kier alpha value is -4.86. The molecule has 1 aliphatic rings. The van der Waals surface area contributed by atoms with Crippen molar-refractivity contribution in [1.29, 1.82) is 0 Å². The van der Waals surface area contributed by atoms with Crippen molar-refractivity contribution >= 4 is 11.8 Å². The highest BCUT2D eigenvalue weighted by molar-refractivity contribution is 6.01. The molecule has 0 aromatic heterocycles. The SMILES string of the molecule is C=CC[C@]1(C(=O)NNCc2c(F)cccc2F)N=C(c2ccc(OCCCO)cc2)O[C@H]1c1ccc(-c2ccccc2)cc1. The van der Waals surface area contributed by atoms with Gasteiger partial charge in [0.1, 0.15) is 17.4 Å². The topological polar surface area (TPSA) is 92.2 Å². The molecule has 0 saturated heterocycles. The molecule has 4 aromatic carbocycles. The van der Waals surface area contributed by atoms with Crippen LogP contribution in [0.25, 0.3) is 11.1 Å². The lowest BCUT2D eigenvalue weighted by Crippen LogP contribution is -2.52. The quantitative estimate of drug-likeness (QED) is 0.0992. The number of nitrogens with zero attached hydrogens (tertiary/aromatic N) is 1. The average molecular weight is 598 g/mol. The molecule has 1 amide bonds. The maximum Gasteiger partial charge on any atom is 0.266 e. The molecule has 4 aromatic rings. The van der Waals surface area contributed by atoms with E-state index >= 15 is 0 Å². The smallest absolute Gasteiger partial charge is 0.266 e. The molecule has 0 radical (unpaired) electrons. The second-order valence-electron chi connectivity index (χ2n) is 10.3. The van der Waals surface area contributed by atoms with Crippen molar-refractivity contribution in [3.8, 4) is 16.9 Å². The number of hydrogen-bond donors (Lipinski definition) is 3. The van der Waals surface area contributed by atoms with Gasteiger partial charge in [-0.05, 0) is 53.1 Å². The summed E-state index contributed by atoms with van der Waals surface area (Å²) in [7, 11) is 0. The number of aliphatic hydroxyl groups is 1. The van der Waals surface area contributed by atoms with Gasteiger partial charge in [-0.2, -0.15) is 0 Å². The van der Waals surface area contributed by atoms with Crippen molar-refractivity contribution in [3.63, 3.8) is 0 Å². The van der Waals surface area contributed by atoms with Gasteiger partial charge in [-0.1, -0.05) is 66.7 Å². The van der Waals surface area contributed by atoms with Crippen molar-refractivity contribution < 1.29 is 28.2 Å². The number of rotatable bonds is 13. The van der Waals surface area contributed by atoms with Gasteiger partial charge in [0.15, 0.2) is 11.6 Å². The summed E-state index contributed by atoms with van der Waals surface area (Å²) in [6, 6.07) is 28.3. The molecule has 7 nitrogen and oxygen atoms in total. The van der Waals surface area contributed by atoms with Crippen LogP contribution in [0.1, 0.15) is 35.6 Å². The van der Waals surface area contributed by atoms with Crippen LogP contribution in [0.4, 0.5) is 8.78 Å². The van der Waals surface area contributed by atoms with Crippen LogP contribution in [0, 0.1) is 11.6 Å². The number of ether oxygens (including phenoxy) is 2. The molecule has 1 heterocycles. The van der Waals surface area contributed by atoms with Gasteiger partial charge in [-0.15, -0.1) is 6.58 Å². The summed E-state index contributed by atoms with van der Waals surface area (Å²) in [4.78, 5) is 18.8. The van der Waals surface area contributed by atoms with Crippen LogP contribution in [-0.4, -0.2) is 35.7 Å². The Balaban J connectivity index is 1.45. The van der Waals surface area contributed by atoms with Crippen LogP contribution in [0.15, 0.2) is 115 Å². The van der Waals surface area contributed by atoms with Crippen LogP contribution >= 0.6 is 0 Å². The number of amides is 1. The number of halogens is 2. The lowest BCUT2D eigenvalue weighted by atomic mass is 9.84. The van der Waals surface area contributed by atoms with Crippen molar-refractivity contribution in [2.45, 2.75) is 31.0 Å². The van der Waals surface area contributed by atoms with Crippen LogP contribution in [0.2, 0.25) is 0 Å². The third-order valence-electron chi connectivity index (χ3n) is 7.33. The molecular weight excluding hydrogens is 564 g/mol. The van der Waals surface area contributed by atoms with E-state index in [9.17, 15) is 13.6 Å². The second-order valence-corrected chi connectivity index (χ2v) is 10.3. The number of carbonyl (C=O) groups excluding carboxylic acids is 1. The van der Waals surface area contributed by atoms with E-state index in [1.54, 1.807) is 30.3 Å². The Morgan fingerprint density at radius 2 is 1.59 bits per heavy atom. The largest absolute Gasteiger partial charge is 0.494 e. The number of aliphatic imine (C=N–C) groups is 1. The molecule has 0 saturated carbocycles. The minimum absolute atomic E-state index is 0.0357. The van der Waals surface area contributed by atoms with Gasteiger partial charge in [0.05, 0.1) is 6.61 Å². The summed E-state index contributed by atoms with van der Waals surface area (Å²) < 4.78 is 40.5. The van der Waals surface area contributed by atoms with E-state index in [2.05, 4.69) is 17.4 Å². The standard InChI is InChI=1S/C35H33F2N3O4/c1-2-20-35(34(42)40-38-23-29-30(36)10-6-11-31(29)37)32(26-14-12-25(13-15-26)24-8-4-3-5-9-24)44-33(39-35)27-16-18-28(19-17-27)43-22-7-21-41/h2-6,8-19,32,38,41H,1,7,20-23H2,(H,40,42)/t32-,35-/m0/s1. The molecule has 0 unspecified atom stereocenters. The molecule has 226 valence electrons. The third-order valence-corrected chi connectivity index (χ3v) is 7.33. The van der Waals surface area contributed by atoms with E-state index in [0.29, 0.717) is 29.9 Å². The number of hydrazine groups is 1. The average Bonchev–Trinajstić information content (AvgIpc) is 3.44. The summed E-state index contributed by atoms with van der Waals surface area (Å²) in [5, 5.41) is 9.01. The molecule has 2 atom stereocenters. The van der Waals surface area contributed by atoms with E-state index in [1.807, 2.05) is 54.6 Å². The maximum atomic E-state index is 14.2. The van der Waals surface area contributed by atoms with Crippen LogP contribution in [0.3, 0.4) is 0 Å². The fourth-order valence-electron chi connectivity index (χ4n) is 5.04. The van der Waals surface area contributed by atoms with Crippen LogP contribution < -0.4 is 15.6 Å². The van der Waals surface area contributed by atoms with Gasteiger partial charge in [0.2, 0.25) is 5.90 Å². The summed E-state index contributed by atoms with van der Waals surface area (Å²) >= 11 is 0. The summed E-state index contributed by atoms with van der Waals surface area (Å²) in [5.74, 6) is -1.13. The molecule has 3 N–H and O–H groups in total. The maximum absolute atomic E-state index is 14.2. The molecule has 0 fully saturated rings. The van der Waals surface area contributed by atoms with E-state index in [0.717, 1.165) is 23.3 Å². The van der Waals surface area contributed by atoms with E-state index < -0.39 is 29.2 Å². The van der Waals surface area contributed by atoms with Crippen molar-refractivity contribution in [1.82, 2.24) is 10.9 Å². The Kier molecular flexibility index (Phi) is 9.79. The highest BCUT2D eigenvalue weighted by Crippen LogP contribution is 2.43. The van der Waals surface area contributed by atoms with Crippen molar-refractivity contribution in [2.75, 3.05) is 13.2 Å². The van der Waals surface area contributed by atoms with Gasteiger partial charge in [-0.25, -0.2) is 19.2 Å². The summed E-state index contributed by atoms with van der Waals surface area (Å²) in [6.07, 6.45) is 1.38. The van der Waals surface area contributed by atoms with Gasteiger partial charge < -0.3 is 14.6 Å². The van der Waals surface area contributed by atoms with Crippen molar-refractivity contribution in [3.05, 3.63) is 138 Å². The van der Waals surface area contributed by atoms with Gasteiger partial charge in [0, 0.05) is 37.1 Å². The zero-order chi connectivity index (χ0) is 30.9. The number of carbonyl (C=O) groups is 1. The van der Waals surface area contributed by atoms with Gasteiger partial charge in [-0.3, -0.25) is 10.2 Å². The fraction of sp³-hybridized carbons (Fsp3) is 0.200.